The number of halogens is 3. The third kappa shape index (κ3) is 5.74. The molecule has 1 aliphatic carbocycles. The van der Waals surface area contributed by atoms with Crippen LogP contribution in [-0.4, -0.2) is 103 Å². The number of likely N-dealkylation sites (N-methyl/N-ethyl adjacent to an activating group) is 1. The molecule has 2 fully saturated rings. The molecule has 11 heteroatoms. The van der Waals surface area contributed by atoms with E-state index in [2.05, 4.69) is 32.1 Å². The number of likely N-dealkylation sites (tertiary alicyclic amines) is 1. The summed E-state index contributed by atoms with van der Waals surface area (Å²) in [6, 6.07) is 3.84. The number of hydrogen-bond donors (Lipinski definition) is 1. The van der Waals surface area contributed by atoms with Gasteiger partial charge in [0.2, 0.25) is 0 Å². The van der Waals surface area contributed by atoms with E-state index in [-0.39, 0.29) is 24.3 Å². The number of nitrogens with one attached hydrogen (secondary N) is 1. The lowest BCUT2D eigenvalue weighted by Crippen LogP contribution is -2.52. The normalized spacial score (nSPS) is 19.1. The topological polar surface area (TPSA) is 73.8 Å². The van der Waals surface area contributed by atoms with E-state index in [1.54, 1.807) is 25.4 Å². The van der Waals surface area contributed by atoms with Crippen molar-refractivity contribution in [2.24, 2.45) is 0 Å². The molecule has 0 atom stereocenters. The summed E-state index contributed by atoms with van der Waals surface area (Å²) in [6.07, 6.45) is 0.597. The number of aromatic nitrogens is 2. The number of methoxy groups -OCH3 is 1. The number of nitrogens with zero attached hydrogens (tertiary/aromatic N) is 5. The summed E-state index contributed by atoms with van der Waals surface area (Å²) in [5.41, 5.74) is 1.81. The minimum atomic E-state index is -4.44. The molecule has 0 saturated carbocycles. The molecule has 8 nitrogen and oxygen atoms in total. The number of rotatable bonds is 6. The van der Waals surface area contributed by atoms with E-state index in [4.69, 9.17) is 4.74 Å². The zero-order valence-corrected chi connectivity index (χ0v) is 22.6. The van der Waals surface area contributed by atoms with E-state index in [9.17, 15) is 18.0 Å². The maximum Gasteiger partial charge on any atom is 0.416 e. The third-order valence-corrected chi connectivity index (χ3v) is 8.04. The molecule has 0 unspecified atom stereocenters. The lowest BCUT2D eigenvalue weighted by atomic mass is 10.0. The van der Waals surface area contributed by atoms with E-state index in [0.717, 1.165) is 39.0 Å². The highest BCUT2D eigenvalue weighted by atomic mass is 19.4. The smallest absolute Gasteiger partial charge is 0.416 e. The Morgan fingerprint density at radius 3 is 2.49 bits per heavy atom. The van der Waals surface area contributed by atoms with Gasteiger partial charge in [0.25, 0.3) is 5.91 Å². The Kier molecular flexibility index (Phi) is 7.82. The number of allylic oxidation sites excluding steroid dienone is 2. The number of carbonyl (C=O) groups is 1. The summed E-state index contributed by atoms with van der Waals surface area (Å²) in [6.45, 7) is 5.73. The molecule has 1 amide bonds. The number of piperidine rings is 1. The zero-order valence-electron chi connectivity index (χ0n) is 22.6. The van der Waals surface area contributed by atoms with Crippen molar-refractivity contribution in [2.45, 2.75) is 37.9 Å². The molecule has 0 bridgehead atoms. The van der Waals surface area contributed by atoms with Gasteiger partial charge < -0.3 is 19.9 Å². The highest BCUT2D eigenvalue weighted by Crippen LogP contribution is 2.43. The summed E-state index contributed by atoms with van der Waals surface area (Å²) in [7, 11) is 5.27. The molecular formula is C28H35F3N6O2. The second-order valence-corrected chi connectivity index (χ2v) is 10.5. The Morgan fingerprint density at radius 2 is 1.85 bits per heavy atom. The van der Waals surface area contributed by atoms with Gasteiger partial charge in [0.15, 0.2) is 0 Å². The van der Waals surface area contributed by atoms with Crippen LogP contribution in [0.25, 0.3) is 5.57 Å². The van der Waals surface area contributed by atoms with Crippen LogP contribution >= 0.6 is 0 Å². The number of piperazine rings is 1. The number of amides is 1. The fourth-order valence-electron chi connectivity index (χ4n) is 5.82. The molecule has 5 rings (SSSR count). The van der Waals surface area contributed by atoms with Crippen molar-refractivity contribution < 1.29 is 22.7 Å². The molecule has 2 aromatic heterocycles. The molecule has 4 heterocycles. The van der Waals surface area contributed by atoms with Crippen LogP contribution in [0.15, 0.2) is 24.4 Å². The van der Waals surface area contributed by atoms with Gasteiger partial charge in [-0.2, -0.15) is 13.2 Å². The minimum Gasteiger partial charge on any atom is -0.495 e. The van der Waals surface area contributed by atoms with Gasteiger partial charge in [0.1, 0.15) is 5.75 Å². The Morgan fingerprint density at radius 1 is 1.13 bits per heavy atom. The van der Waals surface area contributed by atoms with Crippen LogP contribution in [0.1, 0.15) is 45.8 Å². The number of anilines is 1. The van der Waals surface area contributed by atoms with Crippen molar-refractivity contribution in [2.75, 3.05) is 65.8 Å². The van der Waals surface area contributed by atoms with Gasteiger partial charge in [0, 0.05) is 88.3 Å². The van der Waals surface area contributed by atoms with E-state index >= 15 is 0 Å². The van der Waals surface area contributed by atoms with Crippen molar-refractivity contribution in [1.29, 1.82) is 0 Å². The molecule has 3 aliphatic rings. The molecule has 39 heavy (non-hydrogen) atoms. The van der Waals surface area contributed by atoms with Crippen molar-refractivity contribution in [3.63, 3.8) is 0 Å². The fraction of sp³-hybridized carbons (Fsp3) is 0.536. The predicted molar refractivity (Wildman–Crippen MR) is 143 cm³/mol. The van der Waals surface area contributed by atoms with Crippen molar-refractivity contribution >= 4 is 17.2 Å². The maximum atomic E-state index is 13.5. The number of fused-ring (bicyclic) bond motifs is 1. The molecule has 2 aromatic rings. The summed E-state index contributed by atoms with van der Waals surface area (Å²) in [4.78, 5) is 29.1. The van der Waals surface area contributed by atoms with Gasteiger partial charge >= 0.3 is 6.18 Å². The van der Waals surface area contributed by atoms with E-state index < -0.39 is 11.7 Å². The second kappa shape index (κ2) is 11.1. The Hall–Kier alpha value is -3.18. The Bertz CT molecular complexity index is 1250. The number of hydrogen-bond acceptors (Lipinski definition) is 7. The second-order valence-electron chi connectivity index (χ2n) is 10.5. The fourth-order valence-corrected chi connectivity index (χ4v) is 5.82. The predicted octanol–water partition coefficient (Wildman–Crippen LogP) is 3.47. The first-order chi connectivity index (χ1) is 18.7. The average Bonchev–Trinajstić information content (AvgIpc) is 3.38. The van der Waals surface area contributed by atoms with Crippen LogP contribution in [0, 0.1) is 0 Å². The molecule has 0 radical (unpaired) electrons. The summed E-state index contributed by atoms with van der Waals surface area (Å²) >= 11 is 0. The van der Waals surface area contributed by atoms with Crippen LogP contribution in [0.4, 0.5) is 18.9 Å². The van der Waals surface area contributed by atoms with Gasteiger partial charge in [-0.05, 0) is 32.0 Å². The first kappa shape index (κ1) is 27.4. The largest absolute Gasteiger partial charge is 0.495 e. The highest BCUT2D eigenvalue weighted by Gasteiger charge is 2.40. The van der Waals surface area contributed by atoms with E-state index in [1.165, 1.54) is 13.2 Å². The standard InChI is InChI=1S/C28H35F3N6O2/c1-32-24-16-19(34-22-5-4-21(26(22)24)28(29,30)31)15-23-25(39-3)14-18(17-33-23)27(38)37-8-6-20(7-9-37)36-12-10-35(2)11-13-36/h4,14,16-17,20H,5-13,15H2,1-3H3,(H,32,34). The molecular weight excluding hydrogens is 509 g/mol. The lowest BCUT2D eigenvalue weighted by molar-refractivity contribution is -0.0687. The number of carbonyl (C=O) groups excluding carboxylic acids is 1. The van der Waals surface area contributed by atoms with Crippen LogP contribution in [0.5, 0.6) is 5.75 Å². The van der Waals surface area contributed by atoms with Crippen LogP contribution < -0.4 is 10.1 Å². The van der Waals surface area contributed by atoms with Crippen LogP contribution in [0.3, 0.4) is 0 Å². The Balaban J connectivity index is 1.27. The van der Waals surface area contributed by atoms with Gasteiger partial charge in [-0.3, -0.25) is 19.7 Å². The molecule has 1 N–H and O–H groups in total. The number of alkyl halides is 3. The average molecular weight is 545 g/mol. The van der Waals surface area contributed by atoms with E-state index in [0.29, 0.717) is 53.2 Å². The summed E-state index contributed by atoms with van der Waals surface area (Å²) in [5, 5.41) is 2.88. The SMILES string of the molecule is CNc1cc(Cc2ncc(C(=O)N3CCC(N4CCN(C)CC4)CC3)cc2OC)nc2c1C(C(F)(F)F)=CC2. The molecule has 2 saturated heterocycles. The Labute approximate surface area is 226 Å². The molecule has 0 aromatic carbocycles. The summed E-state index contributed by atoms with van der Waals surface area (Å²) < 4.78 is 46.0. The lowest BCUT2D eigenvalue weighted by Gasteiger charge is -2.42. The van der Waals surface area contributed by atoms with Gasteiger partial charge in [-0.15, -0.1) is 0 Å². The molecule has 0 spiro atoms. The molecule has 2 aliphatic heterocycles. The van der Waals surface area contributed by atoms with Crippen molar-refractivity contribution in [3.05, 3.63) is 52.6 Å². The van der Waals surface area contributed by atoms with Gasteiger partial charge in [-0.25, -0.2) is 0 Å². The third-order valence-electron chi connectivity index (χ3n) is 8.04. The van der Waals surface area contributed by atoms with Crippen molar-refractivity contribution in [1.82, 2.24) is 24.7 Å². The zero-order chi connectivity index (χ0) is 27.7. The van der Waals surface area contributed by atoms with Gasteiger partial charge in [0.05, 0.1) is 29.6 Å². The van der Waals surface area contributed by atoms with Gasteiger partial charge in [-0.1, -0.05) is 6.08 Å². The first-order valence-corrected chi connectivity index (χ1v) is 13.4. The minimum absolute atomic E-state index is 0.0666. The van der Waals surface area contributed by atoms with Crippen LogP contribution in [0.2, 0.25) is 0 Å². The summed E-state index contributed by atoms with van der Waals surface area (Å²) in [5.74, 6) is 0.388. The van der Waals surface area contributed by atoms with E-state index in [1.807, 2.05) is 4.90 Å². The highest BCUT2D eigenvalue weighted by molar-refractivity contribution is 5.94. The number of pyridine rings is 2. The quantitative estimate of drug-likeness (QED) is 0.597. The molecule has 210 valence electrons. The van der Waals surface area contributed by atoms with Crippen LogP contribution in [-0.2, 0) is 12.8 Å². The number of ether oxygens (including phenoxy) is 1. The maximum absolute atomic E-state index is 13.5. The van der Waals surface area contributed by atoms with Crippen molar-refractivity contribution in [3.8, 4) is 5.75 Å². The monoisotopic (exact) mass is 544 g/mol. The first-order valence-electron chi connectivity index (χ1n) is 13.4.